The molecule has 4 rings (SSSR count). The molecule has 32 heavy (non-hydrogen) atoms. The fraction of sp³-hybridized carbons (Fsp3) is 0.333. The average molecular weight is 465 g/mol. The van der Waals surface area contributed by atoms with E-state index in [0.717, 1.165) is 47.5 Å². The summed E-state index contributed by atoms with van der Waals surface area (Å²) < 4.78 is 5.40. The average Bonchev–Trinajstić information content (AvgIpc) is 3.26. The Hall–Kier alpha value is -2.89. The van der Waals surface area contributed by atoms with E-state index in [9.17, 15) is 10.1 Å². The second-order valence-electron chi connectivity index (χ2n) is 7.89. The first-order valence-electron chi connectivity index (χ1n) is 10.5. The quantitative estimate of drug-likeness (QED) is 0.496. The highest BCUT2D eigenvalue weighted by Gasteiger charge is 2.23. The third-order valence-corrected chi connectivity index (χ3v) is 7.35. The van der Waals surface area contributed by atoms with Crippen molar-refractivity contribution in [1.82, 2.24) is 9.97 Å². The maximum absolute atomic E-state index is 12.8. The second kappa shape index (κ2) is 9.72. The minimum atomic E-state index is -0.422. The van der Waals surface area contributed by atoms with Crippen LogP contribution in [0.2, 0.25) is 0 Å². The third-order valence-electron chi connectivity index (χ3n) is 5.49. The molecular formula is C24H24N4O2S2. The molecule has 0 aliphatic heterocycles. The Kier molecular flexibility index (Phi) is 6.77. The molecule has 164 valence electrons. The Morgan fingerprint density at radius 1 is 1.38 bits per heavy atom. The lowest BCUT2D eigenvalue weighted by Gasteiger charge is -2.22. The summed E-state index contributed by atoms with van der Waals surface area (Å²) in [5, 5.41) is 15.1. The third kappa shape index (κ3) is 4.79. The molecule has 0 radical (unpaired) electrons. The topological polar surface area (TPSA) is 87.9 Å². The van der Waals surface area contributed by atoms with Crippen LogP contribution in [0.3, 0.4) is 0 Å². The Morgan fingerprint density at radius 3 is 2.97 bits per heavy atom. The Labute approximate surface area is 196 Å². The summed E-state index contributed by atoms with van der Waals surface area (Å²) in [4.78, 5) is 22.1. The van der Waals surface area contributed by atoms with E-state index in [1.165, 1.54) is 23.1 Å². The highest BCUT2D eigenvalue weighted by Crippen LogP contribution is 2.34. The molecule has 2 atom stereocenters. The molecule has 3 aromatic rings. The maximum Gasteiger partial charge on any atom is 0.239 e. The van der Waals surface area contributed by atoms with Crippen LogP contribution in [-0.2, 0) is 17.6 Å². The number of thiazole rings is 1. The molecule has 1 aliphatic carbocycles. The van der Waals surface area contributed by atoms with Crippen LogP contribution in [0.15, 0.2) is 40.7 Å². The van der Waals surface area contributed by atoms with E-state index >= 15 is 0 Å². The largest absolute Gasteiger partial charge is 0.496 e. The van der Waals surface area contributed by atoms with Crippen molar-refractivity contribution >= 4 is 34.1 Å². The van der Waals surface area contributed by atoms with Gasteiger partial charge in [-0.15, -0.1) is 11.3 Å². The van der Waals surface area contributed by atoms with Gasteiger partial charge >= 0.3 is 0 Å². The Bertz CT molecular complexity index is 1180. The molecule has 1 amide bonds. The van der Waals surface area contributed by atoms with E-state index < -0.39 is 5.25 Å². The summed E-state index contributed by atoms with van der Waals surface area (Å²) in [6, 6.07) is 11.8. The van der Waals surface area contributed by atoms with Crippen LogP contribution in [-0.4, -0.2) is 28.2 Å². The van der Waals surface area contributed by atoms with Crippen molar-refractivity contribution < 1.29 is 9.53 Å². The number of hydrogen-bond acceptors (Lipinski definition) is 7. The summed E-state index contributed by atoms with van der Waals surface area (Å²) in [6.45, 7) is 4.04. The Morgan fingerprint density at radius 2 is 2.19 bits per heavy atom. The number of aromatic nitrogens is 2. The second-order valence-corrected chi connectivity index (χ2v) is 10.1. The number of carbonyl (C=O) groups is 1. The highest BCUT2D eigenvalue weighted by molar-refractivity contribution is 8.00. The van der Waals surface area contributed by atoms with Crippen molar-refractivity contribution in [2.75, 3.05) is 12.4 Å². The zero-order valence-electron chi connectivity index (χ0n) is 18.2. The summed E-state index contributed by atoms with van der Waals surface area (Å²) >= 11 is 2.68. The molecule has 0 saturated carbocycles. The molecule has 0 spiro atoms. The normalized spacial score (nSPS) is 16.0. The van der Waals surface area contributed by atoms with Gasteiger partial charge in [0, 0.05) is 16.6 Å². The molecular weight excluding hydrogens is 440 g/mol. The number of fused-ring (bicyclic) bond motifs is 1. The number of methoxy groups -OCH3 is 1. The van der Waals surface area contributed by atoms with Gasteiger partial charge in [-0.2, -0.15) is 5.26 Å². The van der Waals surface area contributed by atoms with Crippen molar-refractivity contribution in [2.24, 2.45) is 5.92 Å². The van der Waals surface area contributed by atoms with E-state index in [1.54, 1.807) is 7.11 Å². The number of rotatable bonds is 6. The van der Waals surface area contributed by atoms with Gasteiger partial charge in [-0.25, -0.2) is 9.97 Å². The number of nitrogens with one attached hydrogen (secondary N) is 1. The van der Waals surface area contributed by atoms with Crippen molar-refractivity contribution in [3.05, 3.63) is 52.5 Å². The van der Waals surface area contributed by atoms with Gasteiger partial charge in [0.15, 0.2) is 5.13 Å². The highest BCUT2D eigenvalue weighted by atomic mass is 32.2. The van der Waals surface area contributed by atoms with Crippen LogP contribution in [0.5, 0.6) is 5.75 Å². The molecule has 1 N–H and O–H groups in total. The first-order valence-corrected chi connectivity index (χ1v) is 12.2. The molecule has 8 heteroatoms. The number of para-hydroxylation sites is 1. The first-order chi connectivity index (χ1) is 15.5. The number of benzene rings is 1. The van der Waals surface area contributed by atoms with Gasteiger partial charge in [-0.3, -0.25) is 4.79 Å². The SMILES string of the molecule is COc1ccccc1-c1csc(NC(=O)C(C)Sc2nc3c(cc2C#N)CC(C)CC3)n1. The number of anilines is 1. The lowest BCUT2D eigenvalue weighted by Crippen LogP contribution is -2.23. The number of carbonyl (C=O) groups excluding carboxylic acids is 1. The molecule has 1 aromatic carbocycles. The van der Waals surface area contributed by atoms with Crippen LogP contribution >= 0.6 is 23.1 Å². The van der Waals surface area contributed by atoms with Crippen LogP contribution in [0.25, 0.3) is 11.3 Å². The lowest BCUT2D eigenvalue weighted by atomic mass is 9.87. The Balaban J connectivity index is 1.46. The van der Waals surface area contributed by atoms with Gasteiger partial charge in [0.25, 0.3) is 0 Å². The number of ether oxygens (including phenoxy) is 1. The summed E-state index contributed by atoms with van der Waals surface area (Å²) in [7, 11) is 1.62. The standard InChI is InChI=1S/C24H24N4O2S2/c1-14-8-9-19-16(10-14)11-17(12-25)23(26-19)32-15(2)22(29)28-24-27-20(13-31-24)18-6-4-5-7-21(18)30-3/h4-7,11,13-15H,8-10H2,1-3H3,(H,27,28,29). The first kappa shape index (κ1) is 22.3. The van der Waals surface area contributed by atoms with Gasteiger partial charge in [0.05, 0.1) is 23.6 Å². The molecule has 2 aromatic heterocycles. The fourth-order valence-corrected chi connectivity index (χ4v) is 5.35. The molecule has 0 saturated heterocycles. The molecule has 6 nitrogen and oxygen atoms in total. The van der Waals surface area contributed by atoms with Gasteiger partial charge in [0.1, 0.15) is 16.8 Å². The summed E-state index contributed by atoms with van der Waals surface area (Å²) in [5.41, 5.74) is 4.38. The number of nitriles is 1. The zero-order chi connectivity index (χ0) is 22.7. The molecule has 2 unspecified atom stereocenters. The predicted octanol–water partition coefficient (Wildman–Crippen LogP) is 5.33. The predicted molar refractivity (Wildman–Crippen MR) is 128 cm³/mol. The van der Waals surface area contributed by atoms with E-state index in [-0.39, 0.29) is 5.91 Å². The maximum atomic E-state index is 12.8. The molecule has 0 fully saturated rings. The van der Waals surface area contributed by atoms with E-state index in [4.69, 9.17) is 9.72 Å². The molecule has 2 heterocycles. The number of amides is 1. The van der Waals surface area contributed by atoms with Gasteiger partial charge in [0.2, 0.25) is 5.91 Å². The number of aryl methyl sites for hydroxylation is 1. The lowest BCUT2D eigenvalue weighted by molar-refractivity contribution is -0.115. The summed E-state index contributed by atoms with van der Waals surface area (Å²) in [6.07, 6.45) is 2.97. The minimum absolute atomic E-state index is 0.173. The van der Waals surface area contributed by atoms with E-state index in [1.807, 2.05) is 42.6 Å². The van der Waals surface area contributed by atoms with Crippen molar-refractivity contribution in [1.29, 1.82) is 5.26 Å². The van der Waals surface area contributed by atoms with Crippen LogP contribution in [0.1, 0.15) is 37.1 Å². The van der Waals surface area contributed by atoms with Crippen molar-refractivity contribution in [3.8, 4) is 23.1 Å². The van der Waals surface area contributed by atoms with Crippen LogP contribution in [0, 0.1) is 17.2 Å². The minimum Gasteiger partial charge on any atom is -0.496 e. The fourth-order valence-electron chi connectivity index (χ4n) is 3.74. The zero-order valence-corrected chi connectivity index (χ0v) is 19.8. The van der Waals surface area contributed by atoms with E-state index in [2.05, 4.69) is 23.3 Å². The van der Waals surface area contributed by atoms with Crippen LogP contribution in [0.4, 0.5) is 5.13 Å². The summed E-state index contributed by atoms with van der Waals surface area (Å²) in [5.74, 6) is 1.17. The monoisotopic (exact) mass is 464 g/mol. The van der Waals surface area contributed by atoms with Gasteiger partial charge in [-0.05, 0) is 55.9 Å². The number of nitrogens with zero attached hydrogens (tertiary/aromatic N) is 3. The van der Waals surface area contributed by atoms with Gasteiger partial charge < -0.3 is 10.1 Å². The van der Waals surface area contributed by atoms with Crippen LogP contribution < -0.4 is 10.1 Å². The number of thioether (sulfide) groups is 1. The number of pyridine rings is 1. The van der Waals surface area contributed by atoms with Crippen molar-refractivity contribution in [3.63, 3.8) is 0 Å². The molecule has 1 aliphatic rings. The number of hydrogen-bond donors (Lipinski definition) is 1. The van der Waals surface area contributed by atoms with Crippen molar-refractivity contribution in [2.45, 2.75) is 43.4 Å². The van der Waals surface area contributed by atoms with Gasteiger partial charge in [-0.1, -0.05) is 30.8 Å². The van der Waals surface area contributed by atoms with E-state index in [0.29, 0.717) is 21.6 Å². The molecule has 0 bridgehead atoms. The smallest absolute Gasteiger partial charge is 0.239 e.